The van der Waals surface area contributed by atoms with Crippen molar-refractivity contribution in [2.45, 2.75) is 6.10 Å². The van der Waals surface area contributed by atoms with Crippen molar-refractivity contribution in [3.63, 3.8) is 0 Å². The number of aromatic nitrogens is 2. The summed E-state index contributed by atoms with van der Waals surface area (Å²) in [6.07, 6.45) is 2.63. The van der Waals surface area contributed by atoms with E-state index in [4.69, 9.17) is 11.6 Å². The monoisotopic (exact) mass is 340 g/mol. The molecule has 0 fully saturated rings. The summed E-state index contributed by atoms with van der Waals surface area (Å²) in [6.45, 7) is 0. The number of halogens is 1. The first-order valence-corrected chi connectivity index (χ1v) is 8.37. The molecule has 0 aliphatic heterocycles. The normalized spacial score (nSPS) is 12.6. The van der Waals surface area contributed by atoms with Crippen molar-refractivity contribution in [2.75, 3.05) is 0 Å². The number of benzene rings is 1. The van der Waals surface area contributed by atoms with Crippen LogP contribution in [0.5, 0.6) is 0 Å². The lowest BCUT2D eigenvalue weighted by Crippen LogP contribution is -2.05. The first-order chi connectivity index (χ1) is 11.2. The molecule has 3 aromatic heterocycles. The van der Waals surface area contributed by atoms with E-state index in [2.05, 4.69) is 17.1 Å². The molecule has 0 spiro atoms. The zero-order valence-corrected chi connectivity index (χ0v) is 13.6. The predicted octanol–water partition coefficient (Wildman–Crippen LogP) is 4.80. The summed E-state index contributed by atoms with van der Waals surface area (Å²) in [6, 6.07) is 17.8. The van der Waals surface area contributed by atoms with Crippen molar-refractivity contribution < 1.29 is 5.11 Å². The average Bonchev–Trinajstić information content (AvgIpc) is 3.24. The SMILES string of the molecule is O[C@@H](c1ccc(-c2ccccc2)s1)c1c(Cl)ccc2cncn12. The van der Waals surface area contributed by atoms with Gasteiger partial charge in [0.15, 0.2) is 0 Å². The fourth-order valence-corrected chi connectivity index (χ4v) is 3.90. The van der Waals surface area contributed by atoms with Gasteiger partial charge in [0.05, 0.1) is 28.8 Å². The zero-order chi connectivity index (χ0) is 15.8. The second kappa shape index (κ2) is 5.81. The number of imidazole rings is 1. The van der Waals surface area contributed by atoms with Crippen molar-refractivity contribution in [3.05, 3.63) is 82.7 Å². The Morgan fingerprint density at radius 3 is 2.70 bits per heavy atom. The molecule has 0 amide bonds. The van der Waals surface area contributed by atoms with Crippen LogP contribution >= 0.6 is 22.9 Å². The van der Waals surface area contributed by atoms with Gasteiger partial charge in [-0.15, -0.1) is 11.3 Å². The average molecular weight is 341 g/mol. The number of hydrogen-bond donors (Lipinski definition) is 1. The molecule has 23 heavy (non-hydrogen) atoms. The van der Waals surface area contributed by atoms with E-state index < -0.39 is 6.10 Å². The molecule has 0 aliphatic rings. The number of nitrogens with zero attached hydrogens (tertiary/aromatic N) is 2. The topological polar surface area (TPSA) is 37.5 Å². The van der Waals surface area contributed by atoms with Gasteiger partial charge in [-0.05, 0) is 29.8 Å². The maximum absolute atomic E-state index is 10.8. The molecule has 0 saturated carbocycles. The van der Waals surface area contributed by atoms with Crippen LogP contribution in [0.15, 0.2) is 67.1 Å². The van der Waals surface area contributed by atoms with Gasteiger partial charge >= 0.3 is 0 Å². The Morgan fingerprint density at radius 2 is 1.87 bits per heavy atom. The Morgan fingerprint density at radius 1 is 1.04 bits per heavy atom. The second-order valence-electron chi connectivity index (χ2n) is 5.23. The highest BCUT2D eigenvalue weighted by molar-refractivity contribution is 7.15. The molecule has 0 aliphatic carbocycles. The first kappa shape index (κ1) is 14.5. The van der Waals surface area contributed by atoms with Crippen LogP contribution in [0.2, 0.25) is 5.02 Å². The summed E-state index contributed by atoms with van der Waals surface area (Å²) < 4.78 is 1.83. The van der Waals surface area contributed by atoms with Crippen LogP contribution in [0, 0.1) is 0 Å². The fourth-order valence-electron chi connectivity index (χ4n) is 2.64. The minimum Gasteiger partial charge on any atom is -0.381 e. The molecular formula is C18H13ClN2OS. The molecule has 0 unspecified atom stereocenters. The third-order valence-electron chi connectivity index (χ3n) is 3.79. The summed E-state index contributed by atoms with van der Waals surface area (Å²) in [4.78, 5) is 6.10. The van der Waals surface area contributed by atoms with Gasteiger partial charge in [0, 0.05) is 9.75 Å². The van der Waals surface area contributed by atoms with E-state index >= 15 is 0 Å². The van der Waals surface area contributed by atoms with Crippen LogP contribution in [0.4, 0.5) is 0 Å². The van der Waals surface area contributed by atoms with Crippen LogP contribution in [-0.4, -0.2) is 14.5 Å². The number of fused-ring (bicyclic) bond motifs is 1. The van der Waals surface area contributed by atoms with Gasteiger partial charge in [-0.2, -0.15) is 0 Å². The van der Waals surface area contributed by atoms with E-state index in [9.17, 15) is 5.11 Å². The molecule has 5 heteroatoms. The molecule has 0 saturated heterocycles. The number of aliphatic hydroxyl groups excluding tert-OH is 1. The second-order valence-corrected chi connectivity index (χ2v) is 6.75. The smallest absolute Gasteiger partial charge is 0.130 e. The maximum atomic E-state index is 10.8. The quantitative estimate of drug-likeness (QED) is 0.581. The van der Waals surface area contributed by atoms with E-state index in [1.807, 2.05) is 40.8 Å². The molecule has 114 valence electrons. The molecule has 3 heterocycles. The summed E-state index contributed by atoms with van der Waals surface area (Å²) in [5, 5.41) is 11.4. The molecule has 1 atom stereocenters. The standard InChI is InChI=1S/C18H13ClN2OS/c19-14-7-6-13-10-20-11-21(13)17(14)18(22)16-9-8-15(23-16)12-4-2-1-3-5-12/h1-11,18,22H/t18-/m0/s1. The number of hydrogen-bond acceptors (Lipinski definition) is 3. The van der Waals surface area contributed by atoms with E-state index in [0.29, 0.717) is 10.7 Å². The third-order valence-corrected chi connectivity index (χ3v) is 5.29. The summed E-state index contributed by atoms with van der Waals surface area (Å²) in [5.41, 5.74) is 2.69. The van der Waals surface area contributed by atoms with Gasteiger partial charge in [-0.1, -0.05) is 41.9 Å². The van der Waals surface area contributed by atoms with Crippen LogP contribution in [-0.2, 0) is 0 Å². The Hall–Kier alpha value is -2.14. The number of rotatable bonds is 3. The Kier molecular flexibility index (Phi) is 3.65. The molecule has 1 aromatic carbocycles. The minimum absolute atomic E-state index is 0.526. The van der Waals surface area contributed by atoms with Gasteiger partial charge in [0.1, 0.15) is 6.10 Å². The Labute approximate surface area is 142 Å². The van der Waals surface area contributed by atoms with Crippen molar-refractivity contribution in [1.29, 1.82) is 0 Å². The van der Waals surface area contributed by atoms with Gasteiger partial charge in [-0.3, -0.25) is 4.40 Å². The molecule has 4 rings (SSSR count). The molecule has 0 radical (unpaired) electrons. The van der Waals surface area contributed by atoms with Crippen molar-refractivity contribution >= 4 is 28.5 Å². The molecule has 1 N–H and O–H groups in total. The number of pyridine rings is 1. The van der Waals surface area contributed by atoms with E-state index in [0.717, 1.165) is 20.8 Å². The number of aliphatic hydroxyl groups is 1. The Balaban J connectivity index is 1.77. The molecule has 4 aromatic rings. The molecule has 3 nitrogen and oxygen atoms in total. The first-order valence-electron chi connectivity index (χ1n) is 7.18. The maximum Gasteiger partial charge on any atom is 0.130 e. The lowest BCUT2D eigenvalue weighted by Gasteiger charge is -2.13. The largest absolute Gasteiger partial charge is 0.381 e. The van der Waals surface area contributed by atoms with Gasteiger partial charge < -0.3 is 5.11 Å². The van der Waals surface area contributed by atoms with Crippen molar-refractivity contribution in [2.24, 2.45) is 0 Å². The summed E-state index contributed by atoms with van der Waals surface area (Å²) >= 11 is 7.89. The van der Waals surface area contributed by atoms with Crippen LogP contribution < -0.4 is 0 Å². The van der Waals surface area contributed by atoms with Crippen molar-refractivity contribution in [1.82, 2.24) is 9.38 Å². The molecular weight excluding hydrogens is 328 g/mol. The van der Waals surface area contributed by atoms with Crippen LogP contribution in [0.3, 0.4) is 0 Å². The van der Waals surface area contributed by atoms with E-state index in [-0.39, 0.29) is 0 Å². The lowest BCUT2D eigenvalue weighted by molar-refractivity contribution is 0.218. The zero-order valence-electron chi connectivity index (χ0n) is 12.1. The third kappa shape index (κ3) is 2.55. The van der Waals surface area contributed by atoms with E-state index in [1.165, 1.54) is 0 Å². The summed E-state index contributed by atoms with van der Waals surface area (Å²) in [7, 11) is 0. The van der Waals surface area contributed by atoms with Crippen molar-refractivity contribution in [3.8, 4) is 10.4 Å². The fraction of sp³-hybridized carbons (Fsp3) is 0.0556. The van der Waals surface area contributed by atoms with Gasteiger partial charge in [-0.25, -0.2) is 4.98 Å². The van der Waals surface area contributed by atoms with Crippen LogP contribution in [0.25, 0.3) is 16.0 Å². The highest BCUT2D eigenvalue weighted by Crippen LogP contribution is 2.36. The predicted molar refractivity (Wildman–Crippen MR) is 94.0 cm³/mol. The highest BCUT2D eigenvalue weighted by Gasteiger charge is 2.19. The highest BCUT2D eigenvalue weighted by atomic mass is 35.5. The lowest BCUT2D eigenvalue weighted by atomic mass is 10.1. The molecule has 0 bridgehead atoms. The van der Waals surface area contributed by atoms with Crippen LogP contribution in [0.1, 0.15) is 16.7 Å². The Bertz CT molecular complexity index is 961. The van der Waals surface area contributed by atoms with E-state index in [1.54, 1.807) is 29.9 Å². The number of thiophene rings is 1. The van der Waals surface area contributed by atoms with Gasteiger partial charge in [0.25, 0.3) is 0 Å². The van der Waals surface area contributed by atoms with Gasteiger partial charge in [0.2, 0.25) is 0 Å². The minimum atomic E-state index is -0.789. The summed E-state index contributed by atoms with van der Waals surface area (Å²) in [5.74, 6) is 0.